The standard InChI is InChI=1S/C21H25ClN2O3S2/c1-21(2,17-6-5-14(22)9-19(17)28(3)26)11-16(25)10-15-7-13-8-20(29(4)27)23-12-18(13)24-15/h5-9,12,16,24-25H,10-11H2,1-4H3. The van der Waals surface area contributed by atoms with Gasteiger partial charge in [0.05, 0.1) is 39.4 Å². The van der Waals surface area contributed by atoms with Crippen molar-refractivity contribution in [3.63, 3.8) is 0 Å². The SMILES string of the molecule is CS(=O)c1cc2cc(CC(O)CC(C)(C)c3ccc(Cl)cc3S(C)=O)[nH]c2cn1. The summed E-state index contributed by atoms with van der Waals surface area (Å²) in [4.78, 5) is 8.17. The third-order valence-corrected chi connectivity index (χ3v) is 7.02. The molecule has 0 amide bonds. The second kappa shape index (κ2) is 8.68. The van der Waals surface area contributed by atoms with E-state index in [1.54, 1.807) is 36.9 Å². The van der Waals surface area contributed by atoms with Gasteiger partial charge in [-0.25, -0.2) is 4.98 Å². The molecule has 8 heteroatoms. The van der Waals surface area contributed by atoms with E-state index in [4.69, 9.17) is 11.6 Å². The number of nitrogens with one attached hydrogen (secondary N) is 1. The molecule has 0 spiro atoms. The molecule has 0 saturated heterocycles. The summed E-state index contributed by atoms with van der Waals surface area (Å²) in [5.74, 6) is 0. The number of fused-ring (bicyclic) bond motifs is 1. The first-order valence-electron chi connectivity index (χ1n) is 9.19. The van der Waals surface area contributed by atoms with Crippen LogP contribution in [0.25, 0.3) is 10.9 Å². The highest BCUT2D eigenvalue weighted by Crippen LogP contribution is 2.34. The van der Waals surface area contributed by atoms with Crippen LogP contribution >= 0.6 is 11.6 Å². The number of halogens is 1. The zero-order chi connectivity index (χ0) is 21.3. The van der Waals surface area contributed by atoms with E-state index >= 15 is 0 Å². The maximum atomic E-state index is 12.2. The van der Waals surface area contributed by atoms with Crippen molar-refractivity contribution >= 4 is 44.1 Å². The van der Waals surface area contributed by atoms with E-state index in [2.05, 4.69) is 9.97 Å². The van der Waals surface area contributed by atoms with Crippen molar-refractivity contribution in [2.45, 2.75) is 48.1 Å². The molecular formula is C21H25ClN2O3S2. The Balaban J connectivity index is 1.79. The van der Waals surface area contributed by atoms with Crippen LogP contribution in [0, 0.1) is 0 Å². The van der Waals surface area contributed by atoms with Gasteiger partial charge in [0.2, 0.25) is 0 Å². The van der Waals surface area contributed by atoms with Gasteiger partial charge in [-0.1, -0.05) is 31.5 Å². The third kappa shape index (κ3) is 5.15. The highest BCUT2D eigenvalue weighted by Gasteiger charge is 2.28. The Morgan fingerprint density at radius 2 is 1.90 bits per heavy atom. The first-order valence-corrected chi connectivity index (χ1v) is 12.7. The van der Waals surface area contributed by atoms with E-state index in [1.807, 2.05) is 26.0 Å². The lowest BCUT2D eigenvalue weighted by Gasteiger charge is -2.29. The molecule has 0 radical (unpaired) electrons. The minimum atomic E-state index is -1.17. The summed E-state index contributed by atoms with van der Waals surface area (Å²) in [6.45, 7) is 4.07. The molecule has 2 aromatic heterocycles. The lowest BCUT2D eigenvalue weighted by molar-refractivity contribution is 0.137. The number of pyridine rings is 1. The van der Waals surface area contributed by atoms with Crippen molar-refractivity contribution < 1.29 is 13.5 Å². The third-order valence-electron chi connectivity index (χ3n) is 5.01. The van der Waals surface area contributed by atoms with Gasteiger partial charge >= 0.3 is 0 Å². The first kappa shape index (κ1) is 22.2. The summed E-state index contributed by atoms with van der Waals surface area (Å²) < 4.78 is 23.8. The predicted molar refractivity (Wildman–Crippen MR) is 120 cm³/mol. The molecule has 1 aromatic carbocycles. The molecule has 0 aliphatic rings. The monoisotopic (exact) mass is 452 g/mol. The van der Waals surface area contributed by atoms with Crippen molar-refractivity contribution in [3.05, 3.63) is 52.8 Å². The van der Waals surface area contributed by atoms with Crippen molar-refractivity contribution in [2.75, 3.05) is 12.5 Å². The van der Waals surface area contributed by atoms with Crippen LogP contribution in [0.4, 0.5) is 0 Å². The van der Waals surface area contributed by atoms with Crippen LogP contribution in [-0.2, 0) is 33.4 Å². The molecule has 0 bridgehead atoms. The molecule has 0 fully saturated rings. The number of rotatable bonds is 7. The number of aliphatic hydroxyl groups excluding tert-OH is 1. The van der Waals surface area contributed by atoms with E-state index in [9.17, 15) is 13.5 Å². The lowest BCUT2D eigenvalue weighted by Crippen LogP contribution is -2.27. The van der Waals surface area contributed by atoms with Crippen LogP contribution < -0.4 is 0 Å². The van der Waals surface area contributed by atoms with Crippen molar-refractivity contribution in [2.24, 2.45) is 0 Å². The topological polar surface area (TPSA) is 83.0 Å². The largest absolute Gasteiger partial charge is 0.393 e. The Morgan fingerprint density at radius 1 is 1.17 bits per heavy atom. The van der Waals surface area contributed by atoms with Crippen molar-refractivity contribution in [1.82, 2.24) is 9.97 Å². The molecule has 3 unspecified atom stereocenters. The number of H-pyrrole nitrogens is 1. The fraction of sp³-hybridized carbons (Fsp3) is 0.381. The van der Waals surface area contributed by atoms with Gasteiger partial charge in [0.15, 0.2) is 0 Å². The Bertz CT molecular complexity index is 1090. The minimum absolute atomic E-state index is 0.384. The summed E-state index contributed by atoms with van der Waals surface area (Å²) in [6, 6.07) is 9.19. The highest BCUT2D eigenvalue weighted by atomic mass is 35.5. The number of aromatic amines is 1. The number of hydrogen-bond acceptors (Lipinski definition) is 4. The number of hydrogen-bond donors (Lipinski definition) is 2. The Kier molecular flexibility index (Phi) is 6.63. The second-order valence-electron chi connectivity index (χ2n) is 7.90. The maximum absolute atomic E-state index is 12.2. The van der Waals surface area contributed by atoms with Gasteiger partial charge < -0.3 is 10.1 Å². The Labute approximate surface area is 180 Å². The van der Waals surface area contributed by atoms with Gasteiger partial charge in [0.25, 0.3) is 0 Å². The molecule has 0 aliphatic carbocycles. The van der Waals surface area contributed by atoms with E-state index < -0.39 is 27.7 Å². The molecule has 3 atom stereocenters. The van der Waals surface area contributed by atoms with Crippen LogP contribution in [0.3, 0.4) is 0 Å². The van der Waals surface area contributed by atoms with Crippen LogP contribution in [0.5, 0.6) is 0 Å². The first-order chi connectivity index (χ1) is 13.6. The predicted octanol–water partition coefficient (Wildman–Crippen LogP) is 3.96. The Morgan fingerprint density at radius 3 is 2.55 bits per heavy atom. The molecular weight excluding hydrogens is 428 g/mol. The zero-order valence-corrected chi connectivity index (χ0v) is 19.2. The van der Waals surface area contributed by atoms with Gasteiger partial charge in [0.1, 0.15) is 5.03 Å². The summed E-state index contributed by atoms with van der Waals surface area (Å²) in [5, 5.41) is 12.8. The van der Waals surface area contributed by atoms with Gasteiger partial charge in [-0.05, 0) is 41.7 Å². The van der Waals surface area contributed by atoms with Crippen LogP contribution in [-0.4, -0.2) is 42.1 Å². The highest BCUT2D eigenvalue weighted by molar-refractivity contribution is 7.84. The number of nitrogens with zero attached hydrogens (tertiary/aromatic N) is 1. The number of aliphatic hydroxyl groups is 1. The van der Waals surface area contributed by atoms with E-state index in [-0.39, 0.29) is 5.41 Å². The summed E-state index contributed by atoms with van der Waals surface area (Å²) in [5.41, 5.74) is 2.28. The molecule has 3 rings (SSSR count). The Hall–Kier alpha value is -1.54. The zero-order valence-electron chi connectivity index (χ0n) is 16.9. The second-order valence-corrected chi connectivity index (χ2v) is 11.0. The maximum Gasteiger partial charge on any atom is 0.127 e. The molecule has 29 heavy (non-hydrogen) atoms. The number of aromatic nitrogens is 2. The molecule has 156 valence electrons. The van der Waals surface area contributed by atoms with Gasteiger partial charge in [-0.15, -0.1) is 0 Å². The van der Waals surface area contributed by atoms with Crippen molar-refractivity contribution in [3.8, 4) is 0 Å². The molecule has 3 aromatic rings. The van der Waals surface area contributed by atoms with E-state index in [1.165, 1.54) is 0 Å². The molecule has 2 heterocycles. The van der Waals surface area contributed by atoms with Crippen LogP contribution in [0.15, 0.2) is 46.5 Å². The fourth-order valence-corrected chi connectivity index (χ4v) is 5.33. The minimum Gasteiger partial charge on any atom is -0.393 e. The summed E-state index contributed by atoms with van der Waals surface area (Å²) in [6.07, 6.45) is 5.25. The average molecular weight is 453 g/mol. The van der Waals surface area contributed by atoms with Gasteiger partial charge in [-0.3, -0.25) is 8.42 Å². The van der Waals surface area contributed by atoms with Crippen LogP contribution in [0.1, 0.15) is 31.5 Å². The lowest BCUT2D eigenvalue weighted by atomic mass is 9.79. The molecule has 0 aliphatic heterocycles. The number of benzene rings is 1. The van der Waals surface area contributed by atoms with Crippen LogP contribution in [0.2, 0.25) is 5.02 Å². The molecule has 0 saturated carbocycles. The summed E-state index contributed by atoms with van der Waals surface area (Å²) >= 11 is 6.08. The smallest absolute Gasteiger partial charge is 0.127 e. The average Bonchev–Trinajstić information content (AvgIpc) is 3.01. The normalized spacial score (nSPS) is 15.4. The molecule has 5 nitrogen and oxygen atoms in total. The van der Waals surface area contributed by atoms with Gasteiger partial charge in [-0.2, -0.15) is 0 Å². The van der Waals surface area contributed by atoms with E-state index in [0.717, 1.165) is 22.2 Å². The van der Waals surface area contributed by atoms with E-state index in [0.29, 0.717) is 27.8 Å². The van der Waals surface area contributed by atoms with Crippen molar-refractivity contribution in [1.29, 1.82) is 0 Å². The molecule has 2 N–H and O–H groups in total. The fourth-order valence-electron chi connectivity index (χ4n) is 3.66. The van der Waals surface area contributed by atoms with Gasteiger partial charge in [0, 0.05) is 39.9 Å². The quantitative estimate of drug-likeness (QED) is 0.568. The summed E-state index contributed by atoms with van der Waals surface area (Å²) in [7, 11) is -2.31.